The zero-order valence-electron chi connectivity index (χ0n) is 10.4. The monoisotopic (exact) mass is 288 g/mol. The first-order chi connectivity index (χ1) is 8.35. The minimum Gasteiger partial charge on any atom is -0.384 e. The van der Waals surface area contributed by atoms with Crippen LogP contribution >= 0.6 is 23.2 Å². The fourth-order valence-corrected chi connectivity index (χ4v) is 1.97. The van der Waals surface area contributed by atoms with E-state index in [1.807, 2.05) is 0 Å². The minimum absolute atomic E-state index is 0.000156. The van der Waals surface area contributed by atoms with E-state index in [0.717, 1.165) is 6.42 Å². The maximum atomic E-state index is 13.2. The number of nitrogens with zero attached hydrogens (tertiary/aromatic N) is 1. The Labute approximate surface area is 117 Å². The van der Waals surface area contributed by atoms with Crippen LogP contribution in [0.5, 0.6) is 0 Å². The molecule has 0 aliphatic rings. The lowest BCUT2D eigenvalue weighted by Gasteiger charge is -2.24. The van der Waals surface area contributed by atoms with Crippen LogP contribution in [0, 0.1) is 22.6 Å². The Bertz CT molecular complexity index is 444. The van der Waals surface area contributed by atoms with Gasteiger partial charge in [-0.15, -0.1) is 0 Å². The van der Waals surface area contributed by atoms with Crippen LogP contribution in [0.4, 0.5) is 10.1 Å². The molecule has 1 rings (SSSR count). The Kier molecular flexibility index (Phi) is 5.25. The van der Waals surface area contributed by atoms with Gasteiger partial charge in [0.2, 0.25) is 0 Å². The number of hydrogen-bond acceptors (Lipinski definition) is 2. The van der Waals surface area contributed by atoms with Crippen molar-refractivity contribution < 1.29 is 4.39 Å². The first-order valence-electron chi connectivity index (χ1n) is 5.61. The molecular formula is C13H15Cl2FN2. The van der Waals surface area contributed by atoms with Gasteiger partial charge < -0.3 is 5.32 Å². The maximum absolute atomic E-state index is 13.2. The Morgan fingerprint density at radius 1 is 1.33 bits per heavy atom. The van der Waals surface area contributed by atoms with Crippen molar-refractivity contribution in [1.29, 1.82) is 5.26 Å². The number of rotatable bonds is 5. The van der Waals surface area contributed by atoms with Gasteiger partial charge >= 0.3 is 0 Å². The second-order valence-electron chi connectivity index (χ2n) is 4.93. The predicted octanol–water partition coefficient (Wildman–Crippen LogP) is 4.87. The van der Waals surface area contributed by atoms with Gasteiger partial charge in [0.1, 0.15) is 0 Å². The topological polar surface area (TPSA) is 35.8 Å². The fraction of sp³-hybridized carbons (Fsp3) is 0.462. The second kappa shape index (κ2) is 6.26. The molecule has 1 aromatic rings. The number of hydrogen-bond donors (Lipinski definition) is 1. The Morgan fingerprint density at radius 3 is 2.39 bits per heavy atom. The van der Waals surface area contributed by atoms with Crippen molar-refractivity contribution in [2.24, 2.45) is 5.41 Å². The molecule has 98 valence electrons. The van der Waals surface area contributed by atoms with E-state index in [9.17, 15) is 4.39 Å². The summed E-state index contributed by atoms with van der Waals surface area (Å²) in [5.74, 6) is -0.604. The van der Waals surface area contributed by atoms with E-state index in [1.165, 1.54) is 12.1 Å². The molecule has 18 heavy (non-hydrogen) atoms. The van der Waals surface area contributed by atoms with Crippen LogP contribution in [0.25, 0.3) is 0 Å². The van der Waals surface area contributed by atoms with Gasteiger partial charge in [-0.1, -0.05) is 37.0 Å². The third-order valence-corrected chi connectivity index (χ3v) is 3.22. The maximum Gasteiger partial charge on any atom is 0.160 e. The van der Waals surface area contributed by atoms with Gasteiger partial charge in [-0.2, -0.15) is 5.26 Å². The van der Waals surface area contributed by atoms with E-state index in [-0.39, 0.29) is 15.5 Å². The smallest absolute Gasteiger partial charge is 0.160 e. The third kappa shape index (κ3) is 4.36. The normalized spacial score (nSPS) is 11.1. The van der Waals surface area contributed by atoms with Crippen molar-refractivity contribution in [1.82, 2.24) is 0 Å². The zero-order chi connectivity index (χ0) is 13.8. The number of benzene rings is 1. The third-order valence-electron chi connectivity index (χ3n) is 2.67. The number of nitriles is 1. The largest absolute Gasteiger partial charge is 0.384 e. The SMILES string of the molecule is CC(C)(CCC#N)CNc1cc(Cl)c(F)c(Cl)c1. The van der Waals surface area contributed by atoms with Crippen LogP contribution in [0.2, 0.25) is 10.0 Å². The van der Waals surface area contributed by atoms with Crippen LogP contribution in [-0.4, -0.2) is 6.54 Å². The molecule has 0 atom stereocenters. The predicted molar refractivity (Wildman–Crippen MR) is 73.5 cm³/mol. The summed E-state index contributed by atoms with van der Waals surface area (Å²) >= 11 is 11.4. The number of nitrogens with one attached hydrogen (secondary N) is 1. The lowest BCUT2D eigenvalue weighted by atomic mass is 9.88. The second-order valence-corrected chi connectivity index (χ2v) is 5.74. The molecule has 0 aliphatic heterocycles. The van der Waals surface area contributed by atoms with Gasteiger partial charge in [-0.05, 0) is 24.0 Å². The summed E-state index contributed by atoms with van der Waals surface area (Å²) in [5, 5.41) is 11.7. The first kappa shape index (κ1) is 15.1. The molecular weight excluding hydrogens is 274 g/mol. The molecule has 0 heterocycles. The van der Waals surface area contributed by atoms with E-state index in [0.29, 0.717) is 18.7 Å². The van der Waals surface area contributed by atoms with Gasteiger partial charge in [0, 0.05) is 18.7 Å². The van der Waals surface area contributed by atoms with Gasteiger partial charge in [0.05, 0.1) is 16.1 Å². The van der Waals surface area contributed by atoms with E-state index < -0.39 is 5.82 Å². The highest BCUT2D eigenvalue weighted by atomic mass is 35.5. The van der Waals surface area contributed by atoms with Gasteiger partial charge in [-0.25, -0.2) is 4.39 Å². The number of anilines is 1. The summed E-state index contributed by atoms with van der Waals surface area (Å²) < 4.78 is 13.2. The number of halogens is 3. The molecule has 0 spiro atoms. The zero-order valence-corrected chi connectivity index (χ0v) is 11.9. The Balaban J connectivity index is 2.67. The molecule has 1 aromatic carbocycles. The van der Waals surface area contributed by atoms with Crippen molar-refractivity contribution in [2.75, 3.05) is 11.9 Å². The van der Waals surface area contributed by atoms with Crippen molar-refractivity contribution >= 4 is 28.9 Å². The summed E-state index contributed by atoms with van der Waals surface area (Å²) in [6.07, 6.45) is 1.30. The average Bonchev–Trinajstić information content (AvgIpc) is 2.31. The van der Waals surface area contributed by atoms with Crippen molar-refractivity contribution in [3.63, 3.8) is 0 Å². The molecule has 0 saturated carbocycles. The molecule has 0 aliphatic carbocycles. The fourth-order valence-electron chi connectivity index (χ4n) is 1.48. The molecule has 0 radical (unpaired) electrons. The summed E-state index contributed by atoms with van der Waals surface area (Å²) in [6.45, 7) is 4.78. The quantitative estimate of drug-likeness (QED) is 0.784. The van der Waals surface area contributed by atoms with Crippen molar-refractivity contribution in [3.05, 3.63) is 28.0 Å². The highest BCUT2D eigenvalue weighted by Crippen LogP contribution is 2.29. The van der Waals surface area contributed by atoms with Gasteiger partial charge in [-0.3, -0.25) is 0 Å². The lowest BCUT2D eigenvalue weighted by molar-refractivity contribution is 0.364. The van der Waals surface area contributed by atoms with E-state index in [1.54, 1.807) is 0 Å². The molecule has 0 amide bonds. The first-order valence-corrected chi connectivity index (χ1v) is 6.37. The summed E-state index contributed by atoms with van der Waals surface area (Å²) in [6, 6.07) is 5.13. The standard InChI is InChI=1S/C13H15Cl2FN2/c1-13(2,4-3-5-17)8-18-9-6-10(14)12(16)11(15)7-9/h6-7,18H,3-4,8H2,1-2H3. The van der Waals surface area contributed by atoms with Gasteiger partial charge in [0.25, 0.3) is 0 Å². The summed E-state index contributed by atoms with van der Waals surface area (Å²) in [5.41, 5.74) is 0.653. The highest BCUT2D eigenvalue weighted by Gasteiger charge is 2.17. The Morgan fingerprint density at radius 2 is 1.89 bits per heavy atom. The van der Waals surface area contributed by atoms with E-state index >= 15 is 0 Å². The summed E-state index contributed by atoms with van der Waals surface area (Å²) in [4.78, 5) is 0. The molecule has 0 aromatic heterocycles. The van der Waals surface area contributed by atoms with Crippen LogP contribution < -0.4 is 5.32 Å². The minimum atomic E-state index is -0.604. The molecule has 2 nitrogen and oxygen atoms in total. The van der Waals surface area contributed by atoms with Crippen molar-refractivity contribution in [2.45, 2.75) is 26.7 Å². The van der Waals surface area contributed by atoms with E-state index in [2.05, 4.69) is 25.2 Å². The molecule has 0 saturated heterocycles. The van der Waals surface area contributed by atoms with Gasteiger partial charge in [0.15, 0.2) is 5.82 Å². The molecule has 0 unspecified atom stereocenters. The van der Waals surface area contributed by atoms with Crippen LogP contribution in [0.15, 0.2) is 12.1 Å². The van der Waals surface area contributed by atoms with E-state index in [4.69, 9.17) is 28.5 Å². The highest BCUT2D eigenvalue weighted by molar-refractivity contribution is 6.35. The molecule has 1 N–H and O–H groups in total. The molecule has 5 heteroatoms. The Hall–Kier alpha value is -0.980. The van der Waals surface area contributed by atoms with Crippen molar-refractivity contribution in [3.8, 4) is 6.07 Å². The average molecular weight is 289 g/mol. The molecule has 0 fully saturated rings. The summed E-state index contributed by atoms with van der Waals surface area (Å²) in [7, 11) is 0. The molecule has 0 bridgehead atoms. The van der Waals surface area contributed by atoms with Crippen LogP contribution in [0.3, 0.4) is 0 Å². The van der Waals surface area contributed by atoms with Crippen LogP contribution in [0.1, 0.15) is 26.7 Å². The lowest BCUT2D eigenvalue weighted by Crippen LogP contribution is -2.22. The van der Waals surface area contributed by atoms with Crippen LogP contribution in [-0.2, 0) is 0 Å².